The van der Waals surface area contributed by atoms with E-state index in [2.05, 4.69) is 9.98 Å². The molecule has 0 unspecified atom stereocenters. The Morgan fingerprint density at radius 3 is 2.48 bits per heavy atom. The number of ether oxygens (including phenoxy) is 2. The van der Waals surface area contributed by atoms with Gasteiger partial charge >= 0.3 is 5.97 Å². The van der Waals surface area contributed by atoms with E-state index < -0.39 is 10.9 Å². The molecule has 0 aliphatic carbocycles. The number of hydrogen-bond acceptors (Lipinski definition) is 8. The maximum Gasteiger partial charge on any atom is 0.340 e. The van der Waals surface area contributed by atoms with E-state index in [1.165, 1.54) is 44.7 Å². The van der Waals surface area contributed by atoms with Crippen molar-refractivity contribution in [1.82, 2.24) is 4.98 Å². The van der Waals surface area contributed by atoms with Crippen LogP contribution in [0.15, 0.2) is 53.5 Å². The molecule has 3 rings (SSSR count). The van der Waals surface area contributed by atoms with Crippen molar-refractivity contribution in [3.63, 3.8) is 0 Å². The van der Waals surface area contributed by atoms with Crippen molar-refractivity contribution in [1.29, 1.82) is 0 Å². The summed E-state index contributed by atoms with van der Waals surface area (Å²) >= 11 is 0. The molecule has 1 heterocycles. The highest BCUT2D eigenvalue weighted by Gasteiger charge is 2.28. The smallest absolute Gasteiger partial charge is 0.340 e. The van der Waals surface area contributed by atoms with Gasteiger partial charge in [0.1, 0.15) is 11.4 Å². The van der Waals surface area contributed by atoms with Gasteiger partial charge in [-0.25, -0.2) is 9.78 Å². The zero-order chi connectivity index (χ0) is 22.5. The van der Waals surface area contributed by atoms with E-state index in [-0.39, 0.29) is 51.0 Å². The molecule has 0 fully saturated rings. The van der Waals surface area contributed by atoms with Gasteiger partial charge in [0.25, 0.3) is 5.69 Å². The predicted molar refractivity (Wildman–Crippen MR) is 114 cm³/mol. The summed E-state index contributed by atoms with van der Waals surface area (Å²) in [7, 11) is 2.60. The minimum Gasteiger partial charge on any atom is -0.506 e. The number of nitrogens with zero attached hydrogens (tertiary/aromatic N) is 3. The molecule has 1 aromatic heterocycles. The summed E-state index contributed by atoms with van der Waals surface area (Å²) in [4.78, 5) is 32.4. The van der Waals surface area contributed by atoms with E-state index >= 15 is 0 Å². The Kier molecular flexibility index (Phi) is 6.25. The molecule has 0 saturated carbocycles. The molecule has 0 bridgehead atoms. The number of aryl methyl sites for hydroxylation is 1. The second kappa shape index (κ2) is 9.04. The van der Waals surface area contributed by atoms with E-state index in [1.54, 1.807) is 31.2 Å². The fourth-order valence-corrected chi connectivity index (χ4v) is 3.15. The van der Waals surface area contributed by atoms with Crippen LogP contribution in [-0.2, 0) is 4.74 Å². The third-order valence-electron chi connectivity index (χ3n) is 4.55. The maximum atomic E-state index is 12.6. The second-order valence-electron chi connectivity index (χ2n) is 6.38. The lowest BCUT2D eigenvalue weighted by molar-refractivity contribution is -0.384. The van der Waals surface area contributed by atoms with Gasteiger partial charge in [-0.15, -0.1) is 0 Å². The highest BCUT2D eigenvalue weighted by molar-refractivity contribution is 6.06. The standard InChI is InChI=1S/C22H19N3O6/c1-13-19(22(27)31-3)20(14-8-4-6-10-17(14)25(28)29)15(21(24-13)30-2)12-23-16-9-5-7-11-18(16)26/h4-12,26H,1-3H3. The highest BCUT2D eigenvalue weighted by Crippen LogP contribution is 2.39. The number of aromatic nitrogens is 1. The topological polar surface area (TPSA) is 124 Å². The van der Waals surface area contributed by atoms with Crippen molar-refractivity contribution < 1.29 is 24.3 Å². The Morgan fingerprint density at radius 1 is 1.16 bits per heavy atom. The zero-order valence-corrected chi connectivity index (χ0v) is 17.0. The number of carbonyl (C=O) groups excluding carboxylic acids is 1. The highest BCUT2D eigenvalue weighted by atomic mass is 16.6. The number of phenols is 1. The molecular weight excluding hydrogens is 402 g/mol. The number of aromatic hydroxyl groups is 1. The quantitative estimate of drug-likeness (QED) is 0.273. The molecule has 0 aliphatic heterocycles. The Bertz CT molecular complexity index is 1190. The van der Waals surface area contributed by atoms with Crippen molar-refractivity contribution in [2.45, 2.75) is 6.92 Å². The number of rotatable bonds is 6. The van der Waals surface area contributed by atoms with Crippen LogP contribution < -0.4 is 4.74 Å². The van der Waals surface area contributed by atoms with Crippen LogP contribution in [0, 0.1) is 17.0 Å². The lowest BCUT2D eigenvalue weighted by Gasteiger charge is -2.16. The normalized spacial score (nSPS) is 10.8. The van der Waals surface area contributed by atoms with Gasteiger partial charge in [0.2, 0.25) is 5.88 Å². The Labute approximate surface area is 177 Å². The van der Waals surface area contributed by atoms with Gasteiger partial charge < -0.3 is 14.6 Å². The second-order valence-corrected chi connectivity index (χ2v) is 6.38. The number of carbonyl (C=O) groups is 1. The predicted octanol–water partition coefficient (Wildman–Crippen LogP) is 4.22. The van der Waals surface area contributed by atoms with Crippen LogP contribution in [0.3, 0.4) is 0 Å². The molecule has 0 saturated heterocycles. The van der Waals surface area contributed by atoms with Crippen LogP contribution >= 0.6 is 0 Å². The lowest BCUT2D eigenvalue weighted by Crippen LogP contribution is -2.12. The van der Waals surface area contributed by atoms with Gasteiger partial charge in [-0.3, -0.25) is 15.1 Å². The van der Waals surface area contributed by atoms with Crippen LogP contribution in [-0.4, -0.2) is 41.4 Å². The van der Waals surface area contributed by atoms with Crippen molar-refractivity contribution in [3.05, 3.63) is 75.5 Å². The zero-order valence-electron chi connectivity index (χ0n) is 17.0. The molecule has 0 atom stereocenters. The van der Waals surface area contributed by atoms with Gasteiger partial charge in [0.15, 0.2) is 0 Å². The summed E-state index contributed by atoms with van der Waals surface area (Å²) in [6, 6.07) is 12.4. The van der Waals surface area contributed by atoms with Crippen molar-refractivity contribution in [3.8, 4) is 22.8 Å². The van der Waals surface area contributed by atoms with E-state index in [1.807, 2.05) is 0 Å². The van der Waals surface area contributed by atoms with Crippen LogP contribution in [0.5, 0.6) is 11.6 Å². The molecule has 0 aliphatic rings. The Balaban J connectivity index is 2.41. The number of aliphatic imine (C=N–C) groups is 1. The van der Waals surface area contributed by atoms with Crippen LogP contribution in [0.2, 0.25) is 0 Å². The summed E-state index contributed by atoms with van der Waals surface area (Å²) < 4.78 is 10.3. The molecule has 31 heavy (non-hydrogen) atoms. The SMILES string of the molecule is COC(=O)c1c(C)nc(OC)c(C=Nc2ccccc2O)c1-c1ccccc1[N+](=O)[O-]. The molecule has 9 heteroatoms. The van der Waals surface area contributed by atoms with Gasteiger partial charge in [0, 0.05) is 17.8 Å². The van der Waals surface area contributed by atoms with Crippen molar-refractivity contribution >= 4 is 23.6 Å². The number of pyridine rings is 1. The average molecular weight is 421 g/mol. The number of hydrogen-bond donors (Lipinski definition) is 1. The Morgan fingerprint density at radius 2 is 1.84 bits per heavy atom. The number of esters is 1. The average Bonchev–Trinajstić information content (AvgIpc) is 2.77. The molecule has 1 N–H and O–H groups in total. The first-order valence-electron chi connectivity index (χ1n) is 9.11. The fourth-order valence-electron chi connectivity index (χ4n) is 3.15. The largest absolute Gasteiger partial charge is 0.506 e. The maximum absolute atomic E-state index is 12.6. The van der Waals surface area contributed by atoms with E-state index in [0.717, 1.165) is 0 Å². The summed E-state index contributed by atoms with van der Waals surface area (Å²) in [5, 5.41) is 21.7. The molecule has 3 aromatic rings. The third kappa shape index (κ3) is 4.20. The van der Waals surface area contributed by atoms with Crippen LogP contribution in [0.4, 0.5) is 11.4 Å². The first-order chi connectivity index (χ1) is 14.9. The first-order valence-corrected chi connectivity index (χ1v) is 9.11. The number of phenolic OH excluding ortho intramolecular Hbond substituents is 1. The summed E-state index contributed by atoms with van der Waals surface area (Å²) in [5.41, 5.74) is 0.979. The fraction of sp³-hybridized carbons (Fsp3) is 0.136. The number of benzene rings is 2. The number of para-hydroxylation sites is 3. The van der Waals surface area contributed by atoms with E-state index in [0.29, 0.717) is 0 Å². The molecular formula is C22H19N3O6. The molecule has 9 nitrogen and oxygen atoms in total. The molecule has 158 valence electrons. The van der Waals surface area contributed by atoms with Crippen molar-refractivity contribution in [2.24, 2.45) is 4.99 Å². The number of methoxy groups -OCH3 is 2. The summed E-state index contributed by atoms with van der Waals surface area (Å²) in [5.74, 6) is -0.659. The minimum absolute atomic E-state index is 0.0522. The number of nitro benzene ring substituents is 1. The van der Waals surface area contributed by atoms with E-state index in [4.69, 9.17) is 9.47 Å². The molecule has 0 amide bonds. The third-order valence-corrected chi connectivity index (χ3v) is 4.55. The minimum atomic E-state index is -0.710. The molecule has 2 aromatic carbocycles. The lowest BCUT2D eigenvalue weighted by atomic mass is 9.93. The number of nitro groups is 1. The Hall–Kier alpha value is -4.27. The first kappa shape index (κ1) is 21.4. The van der Waals surface area contributed by atoms with Gasteiger partial charge in [-0.2, -0.15) is 0 Å². The van der Waals surface area contributed by atoms with Crippen LogP contribution in [0.1, 0.15) is 21.6 Å². The van der Waals surface area contributed by atoms with Crippen molar-refractivity contribution in [2.75, 3.05) is 14.2 Å². The molecule has 0 radical (unpaired) electrons. The molecule has 0 spiro atoms. The monoisotopic (exact) mass is 421 g/mol. The van der Waals surface area contributed by atoms with E-state index in [9.17, 15) is 20.0 Å². The van der Waals surface area contributed by atoms with Gasteiger partial charge in [0.05, 0.1) is 41.5 Å². The summed E-state index contributed by atoms with van der Waals surface area (Å²) in [6.07, 6.45) is 1.35. The van der Waals surface area contributed by atoms with Gasteiger partial charge in [-0.1, -0.05) is 24.3 Å². The van der Waals surface area contributed by atoms with Crippen LogP contribution in [0.25, 0.3) is 11.1 Å². The van der Waals surface area contributed by atoms with Gasteiger partial charge in [-0.05, 0) is 25.1 Å². The summed E-state index contributed by atoms with van der Waals surface area (Å²) in [6.45, 7) is 1.58.